The Hall–Kier alpha value is -0.910. The maximum absolute atomic E-state index is 12.2. The molecule has 1 aliphatic heterocycles. The van der Waals surface area contributed by atoms with Crippen molar-refractivity contribution in [3.05, 3.63) is 34.3 Å². The second kappa shape index (κ2) is 6.03. The Morgan fingerprint density at radius 2 is 2.16 bits per heavy atom. The molecule has 4 nitrogen and oxygen atoms in total. The predicted molar refractivity (Wildman–Crippen MR) is 79.7 cm³/mol. The van der Waals surface area contributed by atoms with Crippen molar-refractivity contribution < 1.29 is 4.79 Å². The van der Waals surface area contributed by atoms with Gasteiger partial charge in [-0.2, -0.15) is 0 Å². The van der Waals surface area contributed by atoms with Crippen LogP contribution in [-0.4, -0.2) is 37.0 Å². The third-order valence-electron chi connectivity index (χ3n) is 3.88. The fourth-order valence-electron chi connectivity index (χ4n) is 2.87. The van der Waals surface area contributed by atoms with Crippen molar-refractivity contribution in [2.75, 3.05) is 26.2 Å². The standard InChI is InChI=1S/C14H20BrN3O/c1-2-14(13(16)19,18-8-6-17-7-9-18)11-4-3-5-12(15)10-11/h3-5,10,17H,2,6-9H2,1H3,(H2,16,19). The van der Waals surface area contributed by atoms with Crippen LogP contribution in [0.25, 0.3) is 0 Å². The first kappa shape index (κ1) is 14.5. The maximum atomic E-state index is 12.2. The van der Waals surface area contributed by atoms with Crippen LogP contribution in [-0.2, 0) is 10.3 Å². The van der Waals surface area contributed by atoms with Gasteiger partial charge >= 0.3 is 0 Å². The molecular weight excluding hydrogens is 306 g/mol. The summed E-state index contributed by atoms with van der Waals surface area (Å²) in [5, 5.41) is 3.31. The van der Waals surface area contributed by atoms with Crippen molar-refractivity contribution in [3.63, 3.8) is 0 Å². The van der Waals surface area contributed by atoms with E-state index in [-0.39, 0.29) is 5.91 Å². The van der Waals surface area contributed by atoms with Crippen molar-refractivity contribution in [1.29, 1.82) is 0 Å². The van der Waals surface area contributed by atoms with E-state index in [1.54, 1.807) is 0 Å². The molecule has 19 heavy (non-hydrogen) atoms. The largest absolute Gasteiger partial charge is 0.368 e. The van der Waals surface area contributed by atoms with Crippen molar-refractivity contribution in [2.24, 2.45) is 5.73 Å². The van der Waals surface area contributed by atoms with Crippen LogP contribution in [0.3, 0.4) is 0 Å². The van der Waals surface area contributed by atoms with Crippen LogP contribution in [0.2, 0.25) is 0 Å². The van der Waals surface area contributed by atoms with E-state index in [9.17, 15) is 4.79 Å². The summed E-state index contributed by atoms with van der Waals surface area (Å²) in [6.45, 7) is 5.48. The van der Waals surface area contributed by atoms with E-state index < -0.39 is 5.54 Å². The quantitative estimate of drug-likeness (QED) is 0.880. The van der Waals surface area contributed by atoms with Crippen LogP contribution >= 0.6 is 15.9 Å². The molecule has 0 spiro atoms. The van der Waals surface area contributed by atoms with E-state index in [1.165, 1.54) is 0 Å². The van der Waals surface area contributed by atoms with Gasteiger partial charge in [0.2, 0.25) is 5.91 Å². The molecule has 3 N–H and O–H groups in total. The third kappa shape index (κ3) is 2.68. The SMILES string of the molecule is CCC(C(N)=O)(c1cccc(Br)c1)N1CCNCC1. The number of benzene rings is 1. The fourth-order valence-corrected chi connectivity index (χ4v) is 3.27. The zero-order valence-corrected chi connectivity index (χ0v) is 12.7. The van der Waals surface area contributed by atoms with Gasteiger partial charge in [0.1, 0.15) is 5.54 Å². The van der Waals surface area contributed by atoms with E-state index in [0.29, 0.717) is 6.42 Å². The van der Waals surface area contributed by atoms with E-state index in [0.717, 1.165) is 36.2 Å². The lowest BCUT2D eigenvalue weighted by atomic mass is 9.84. The maximum Gasteiger partial charge on any atom is 0.242 e. The number of halogens is 1. The van der Waals surface area contributed by atoms with E-state index in [4.69, 9.17) is 5.73 Å². The average molecular weight is 326 g/mol. The molecule has 5 heteroatoms. The smallest absolute Gasteiger partial charge is 0.242 e. The summed E-state index contributed by atoms with van der Waals surface area (Å²) in [5.41, 5.74) is 6.05. The number of rotatable bonds is 4. The molecule has 1 amide bonds. The van der Waals surface area contributed by atoms with Crippen molar-refractivity contribution in [3.8, 4) is 0 Å². The van der Waals surface area contributed by atoms with E-state index >= 15 is 0 Å². The molecule has 1 aromatic carbocycles. The zero-order chi connectivity index (χ0) is 13.9. The lowest BCUT2D eigenvalue weighted by Crippen LogP contribution is -2.59. The summed E-state index contributed by atoms with van der Waals surface area (Å²) in [6, 6.07) is 7.90. The molecule has 0 aromatic heterocycles. The Labute approximate surface area is 122 Å². The first-order chi connectivity index (χ1) is 9.11. The summed E-state index contributed by atoms with van der Waals surface area (Å²) in [5.74, 6) is -0.269. The molecule has 0 bridgehead atoms. The molecule has 104 valence electrons. The lowest BCUT2D eigenvalue weighted by molar-refractivity contribution is -0.132. The first-order valence-corrected chi connectivity index (χ1v) is 7.42. The number of piperazine rings is 1. The predicted octanol–water partition coefficient (Wildman–Crippen LogP) is 1.44. The minimum absolute atomic E-state index is 0.269. The number of carbonyl (C=O) groups excluding carboxylic acids is 1. The topological polar surface area (TPSA) is 58.4 Å². The number of hydrogen-bond acceptors (Lipinski definition) is 3. The molecular formula is C14H20BrN3O. The van der Waals surface area contributed by atoms with Crippen LogP contribution in [0.5, 0.6) is 0 Å². The number of carbonyl (C=O) groups is 1. The molecule has 1 saturated heterocycles. The van der Waals surface area contributed by atoms with Gasteiger partial charge in [-0.25, -0.2) is 0 Å². The summed E-state index contributed by atoms with van der Waals surface area (Å²) >= 11 is 3.47. The van der Waals surface area contributed by atoms with Crippen LogP contribution < -0.4 is 11.1 Å². The molecule has 1 fully saturated rings. The van der Waals surface area contributed by atoms with Gasteiger partial charge in [0.25, 0.3) is 0 Å². The van der Waals surface area contributed by atoms with Gasteiger partial charge in [0, 0.05) is 30.7 Å². The Morgan fingerprint density at radius 1 is 1.47 bits per heavy atom. The van der Waals surface area contributed by atoms with Gasteiger partial charge in [0.15, 0.2) is 0 Å². The van der Waals surface area contributed by atoms with Gasteiger partial charge in [-0.15, -0.1) is 0 Å². The second-order valence-corrected chi connectivity index (χ2v) is 5.74. The van der Waals surface area contributed by atoms with Gasteiger partial charge < -0.3 is 11.1 Å². The monoisotopic (exact) mass is 325 g/mol. The number of nitrogens with two attached hydrogens (primary N) is 1. The van der Waals surface area contributed by atoms with E-state index in [1.807, 2.05) is 31.2 Å². The van der Waals surface area contributed by atoms with Crippen LogP contribution in [0.15, 0.2) is 28.7 Å². The van der Waals surface area contributed by atoms with Crippen molar-refractivity contribution in [1.82, 2.24) is 10.2 Å². The normalized spacial score (nSPS) is 19.9. The molecule has 1 aromatic rings. The minimum Gasteiger partial charge on any atom is -0.368 e. The van der Waals surface area contributed by atoms with Gasteiger partial charge in [-0.1, -0.05) is 35.0 Å². The van der Waals surface area contributed by atoms with Crippen LogP contribution in [0.4, 0.5) is 0 Å². The number of hydrogen-bond donors (Lipinski definition) is 2. The summed E-state index contributed by atoms with van der Waals surface area (Å²) in [7, 11) is 0. The number of amides is 1. The molecule has 2 rings (SSSR count). The Balaban J connectivity index is 2.46. The van der Waals surface area contributed by atoms with Crippen molar-refractivity contribution in [2.45, 2.75) is 18.9 Å². The summed E-state index contributed by atoms with van der Waals surface area (Å²) in [6.07, 6.45) is 0.679. The highest BCUT2D eigenvalue weighted by molar-refractivity contribution is 9.10. The van der Waals surface area contributed by atoms with Crippen LogP contribution in [0, 0.1) is 0 Å². The summed E-state index contributed by atoms with van der Waals surface area (Å²) < 4.78 is 0.971. The molecule has 0 aliphatic carbocycles. The molecule has 0 radical (unpaired) electrons. The molecule has 0 saturated carbocycles. The molecule has 1 atom stereocenters. The Kier molecular flexibility index (Phi) is 4.60. The molecule has 1 heterocycles. The highest BCUT2D eigenvalue weighted by Gasteiger charge is 2.43. The molecule has 1 aliphatic rings. The van der Waals surface area contributed by atoms with Crippen molar-refractivity contribution >= 4 is 21.8 Å². The lowest BCUT2D eigenvalue weighted by Gasteiger charge is -2.43. The van der Waals surface area contributed by atoms with Crippen LogP contribution in [0.1, 0.15) is 18.9 Å². The van der Waals surface area contributed by atoms with Gasteiger partial charge in [0.05, 0.1) is 0 Å². The fraction of sp³-hybridized carbons (Fsp3) is 0.500. The Bertz CT molecular complexity index is 460. The Morgan fingerprint density at radius 3 is 2.68 bits per heavy atom. The first-order valence-electron chi connectivity index (χ1n) is 6.63. The van der Waals surface area contributed by atoms with E-state index in [2.05, 4.69) is 26.1 Å². The second-order valence-electron chi connectivity index (χ2n) is 4.83. The van der Waals surface area contributed by atoms with Gasteiger partial charge in [-0.3, -0.25) is 9.69 Å². The molecule has 1 unspecified atom stereocenters. The zero-order valence-electron chi connectivity index (χ0n) is 11.2. The average Bonchev–Trinajstić information content (AvgIpc) is 2.41. The summed E-state index contributed by atoms with van der Waals surface area (Å²) in [4.78, 5) is 14.4. The number of nitrogens with zero attached hydrogens (tertiary/aromatic N) is 1. The number of nitrogens with one attached hydrogen (secondary N) is 1. The third-order valence-corrected chi connectivity index (χ3v) is 4.37. The highest BCUT2D eigenvalue weighted by atomic mass is 79.9. The van der Waals surface area contributed by atoms with Gasteiger partial charge in [-0.05, 0) is 24.1 Å². The minimum atomic E-state index is -0.702. The highest BCUT2D eigenvalue weighted by Crippen LogP contribution is 2.33. The number of primary amides is 1.